The third-order valence-corrected chi connectivity index (χ3v) is 7.73. The second kappa shape index (κ2) is 14.6. The number of hydrogen-bond acceptors (Lipinski definition) is 6. The lowest BCUT2D eigenvalue weighted by Gasteiger charge is -2.44. The Labute approximate surface area is 258 Å². The number of ether oxygens (including phenoxy) is 2. The zero-order valence-corrected chi connectivity index (χ0v) is 26.1. The lowest BCUT2D eigenvalue weighted by atomic mass is 9.98. The molecule has 9 nitrogen and oxygen atoms in total. The van der Waals surface area contributed by atoms with E-state index in [-0.39, 0.29) is 36.7 Å². The Morgan fingerprint density at radius 1 is 0.955 bits per heavy atom. The van der Waals surface area contributed by atoms with Crippen LogP contribution in [0.5, 0.6) is 0 Å². The molecule has 1 aliphatic heterocycles. The highest BCUT2D eigenvalue weighted by Crippen LogP contribution is 2.22. The van der Waals surface area contributed by atoms with Crippen LogP contribution in [0.15, 0.2) is 66.7 Å². The molecule has 236 valence electrons. The lowest BCUT2D eigenvalue weighted by molar-refractivity contribution is -0.141. The highest BCUT2D eigenvalue weighted by molar-refractivity contribution is 5.87. The van der Waals surface area contributed by atoms with Crippen LogP contribution in [0.3, 0.4) is 0 Å². The molecule has 3 atom stereocenters. The highest BCUT2D eigenvalue weighted by atomic mass is 19.1. The van der Waals surface area contributed by atoms with Gasteiger partial charge in [0.15, 0.2) is 0 Å². The van der Waals surface area contributed by atoms with E-state index in [1.54, 1.807) is 52.0 Å². The highest BCUT2D eigenvalue weighted by Gasteiger charge is 2.38. The van der Waals surface area contributed by atoms with Crippen LogP contribution >= 0.6 is 0 Å². The minimum absolute atomic E-state index is 0.102. The molecule has 1 saturated heterocycles. The Bertz CT molecular complexity index is 1440. The van der Waals surface area contributed by atoms with E-state index in [1.807, 2.05) is 18.2 Å². The van der Waals surface area contributed by atoms with Crippen LogP contribution in [0, 0.1) is 5.82 Å². The molecule has 3 aromatic rings. The first-order valence-electron chi connectivity index (χ1n) is 14.9. The molecule has 0 radical (unpaired) electrons. The molecule has 3 amide bonds. The SMILES string of the molecule is CNC(=O)C(Cc1ccc2ccccc2c1)N1CCN(C(=O)C(Cc2ccc(F)cc2)NC(=O)OC(C)(C)C)C(COC)C1. The van der Waals surface area contributed by atoms with Crippen LogP contribution < -0.4 is 10.6 Å². The number of nitrogens with zero attached hydrogens (tertiary/aromatic N) is 2. The number of carbonyl (C=O) groups excluding carboxylic acids is 3. The standard InChI is InChI=1S/C34H43FN4O5/c1-34(2,3)44-33(42)37-29(19-23-11-14-27(35)15-12-23)32(41)39-17-16-38(21-28(39)22-43-5)30(31(40)36-4)20-24-10-13-25-8-6-7-9-26(25)18-24/h6-15,18,28-30H,16-17,19-22H2,1-5H3,(H,36,40)(H,37,42). The number of carbonyl (C=O) groups is 3. The van der Waals surface area contributed by atoms with Gasteiger partial charge >= 0.3 is 6.09 Å². The molecule has 0 saturated carbocycles. The zero-order chi connectivity index (χ0) is 31.9. The van der Waals surface area contributed by atoms with Crippen molar-refractivity contribution in [1.82, 2.24) is 20.4 Å². The average Bonchev–Trinajstić information content (AvgIpc) is 2.99. The van der Waals surface area contributed by atoms with Gasteiger partial charge in [-0.1, -0.05) is 54.6 Å². The Morgan fingerprint density at radius 2 is 1.64 bits per heavy atom. The smallest absolute Gasteiger partial charge is 0.408 e. The topological polar surface area (TPSA) is 100 Å². The van der Waals surface area contributed by atoms with Gasteiger partial charge in [0, 0.05) is 40.2 Å². The number of amides is 3. The number of methoxy groups -OCH3 is 1. The molecule has 0 bridgehead atoms. The van der Waals surface area contributed by atoms with E-state index in [0.29, 0.717) is 31.6 Å². The summed E-state index contributed by atoms with van der Waals surface area (Å²) in [6, 6.07) is 18.4. The molecule has 4 rings (SSSR count). The normalized spacial score (nSPS) is 17.1. The number of nitrogens with one attached hydrogen (secondary N) is 2. The number of alkyl carbamates (subject to hydrolysis) is 1. The van der Waals surface area contributed by atoms with Crippen LogP contribution in [0.2, 0.25) is 0 Å². The van der Waals surface area contributed by atoms with Crippen LogP contribution in [-0.2, 0) is 31.9 Å². The molecular weight excluding hydrogens is 563 g/mol. The van der Waals surface area contributed by atoms with Crippen molar-refractivity contribution in [3.05, 3.63) is 83.7 Å². The zero-order valence-electron chi connectivity index (χ0n) is 26.1. The summed E-state index contributed by atoms with van der Waals surface area (Å²) < 4.78 is 24.6. The Balaban J connectivity index is 1.54. The van der Waals surface area contributed by atoms with Crippen molar-refractivity contribution in [3.63, 3.8) is 0 Å². The van der Waals surface area contributed by atoms with Crippen molar-refractivity contribution in [2.45, 2.75) is 57.3 Å². The van der Waals surface area contributed by atoms with Gasteiger partial charge in [-0.2, -0.15) is 0 Å². The second-order valence-electron chi connectivity index (χ2n) is 12.2. The summed E-state index contributed by atoms with van der Waals surface area (Å²) in [7, 11) is 3.20. The van der Waals surface area contributed by atoms with Gasteiger partial charge in [-0.3, -0.25) is 14.5 Å². The van der Waals surface area contributed by atoms with Crippen molar-refractivity contribution in [1.29, 1.82) is 0 Å². The number of fused-ring (bicyclic) bond motifs is 1. The van der Waals surface area contributed by atoms with E-state index in [4.69, 9.17) is 9.47 Å². The molecule has 1 heterocycles. The van der Waals surface area contributed by atoms with Gasteiger partial charge in [0.1, 0.15) is 17.5 Å². The molecule has 1 fully saturated rings. The van der Waals surface area contributed by atoms with Gasteiger partial charge in [-0.05, 0) is 61.2 Å². The van der Waals surface area contributed by atoms with E-state index >= 15 is 0 Å². The molecular formula is C34H43FN4O5. The predicted octanol–water partition coefficient (Wildman–Crippen LogP) is 3.93. The van der Waals surface area contributed by atoms with Gasteiger partial charge in [0.05, 0.1) is 18.7 Å². The summed E-state index contributed by atoms with van der Waals surface area (Å²) >= 11 is 0. The van der Waals surface area contributed by atoms with Gasteiger partial charge in [0.25, 0.3) is 0 Å². The summed E-state index contributed by atoms with van der Waals surface area (Å²) in [5.74, 6) is -0.787. The first-order chi connectivity index (χ1) is 21.0. The first-order valence-corrected chi connectivity index (χ1v) is 14.9. The van der Waals surface area contributed by atoms with Crippen molar-refractivity contribution < 1.29 is 28.2 Å². The van der Waals surface area contributed by atoms with Gasteiger partial charge < -0.3 is 25.0 Å². The third-order valence-electron chi connectivity index (χ3n) is 7.73. The van der Waals surface area contributed by atoms with Crippen molar-refractivity contribution in [3.8, 4) is 0 Å². The Morgan fingerprint density at radius 3 is 2.30 bits per heavy atom. The fourth-order valence-electron chi connectivity index (χ4n) is 5.64. The molecule has 0 spiro atoms. The predicted molar refractivity (Wildman–Crippen MR) is 168 cm³/mol. The molecule has 3 unspecified atom stereocenters. The minimum atomic E-state index is -0.950. The van der Waals surface area contributed by atoms with Gasteiger partial charge in [-0.15, -0.1) is 0 Å². The maximum Gasteiger partial charge on any atom is 0.408 e. The molecule has 1 aliphatic rings. The first kappa shape index (κ1) is 32.9. The van der Waals surface area contributed by atoms with Crippen LogP contribution in [-0.4, -0.2) is 91.8 Å². The maximum atomic E-state index is 14.1. The van der Waals surface area contributed by atoms with E-state index in [2.05, 4.69) is 39.8 Å². The lowest BCUT2D eigenvalue weighted by Crippen LogP contribution is -2.64. The molecule has 2 N–H and O–H groups in total. The van der Waals surface area contributed by atoms with Crippen molar-refractivity contribution >= 4 is 28.7 Å². The number of piperazine rings is 1. The van der Waals surface area contributed by atoms with E-state index in [9.17, 15) is 18.8 Å². The number of rotatable bonds is 10. The van der Waals surface area contributed by atoms with Crippen LogP contribution in [0.1, 0.15) is 31.9 Å². The monoisotopic (exact) mass is 606 g/mol. The number of benzene rings is 3. The van der Waals surface area contributed by atoms with Crippen molar-refractivity contribution in [2.75, 3.05) is 40.4 Å². The molecule has 10 heteroatoms. The van der Waals surface area contributed by atoms with Crippen LogP contribution in [0.4, 0.5) is 9.18 Å². The third kappa shape index (κ3) is 8.76. The molecule has 0 aliphatic carbocycles. The van der Waals surface area contributed by atoms with E-state index in [0.717, 1.165) is 16.3 Å². The Hall–Kier alpha value is -4.02. The summed E-state index contributed by atoms with van der Waals surface area (Å²) in [4.78, 5) is 43.8. The van der Waals surface area contributed by atoms with E-state index < -0.39 is 23.8 Å². The van der Waals surface area contributed by atoms with Crippen LogP contribution in [0.25, 0.3) is 10.8 Å². The summed E-state index contributed by atoms with van der Waals surface area (Å²) in [5, 5.41) is 7.79. The van der Waals surface area contributed by atoms with E-state index in [1.165, 1.54) is 12.1 Å². The van der Waals surface area contributed by atoms with Gasteiger partial charge in [0.2, 0.25) is 11.8 Å². The molecule has 0 aromatic heterocycles. The average molecular weight is 607 g/mol. The Kier molecular flexibility index (Phi) is 10.9. The summed E-state index contributed by atoms with van der Waals surface area (Å²) in [5.41, 5.74) is 0.982. The maximum absolute atomic E-state index is 14.1. The second-order valence-corrected chi connectivity index (χ2v) is 12.2. The summed E-state index contributed by atoms with van der Waals surface area (Å²) in [6.45, 7) is 6.67. The number of halogens is 1. The number of hydrogen-bond donors (Lipinski definition) is 2. The summed E-state index contributed by atoms with van der Waals surface area (Å²) in [6.07, 6.45) is -0.0536. The fraction of sp³-hybridized carbons (Fsp3) is 0.441. The molecule has 3 aromatic carbocycles. The van der Waals surface area contributed by atoms with Gasteiger partial charge in [-0.25, -0.2) is 9.18 Å². The van der Waals surface area contributed by atoms with Crippen molar-refractivity contribution in [2.24, 2.45) is 0 Å². The largest absolute Gasteiger partial charge is 0.444 e. The quantitative estimate of drug-likeness (QED) is 0.363. The number of likely N-dealkylation sites (N-methyl/N-ethyl adjacent to an activating group) is 1. The molecule has 44 heavy (non-hydrogen) atoms. The fourth-order valence-corrected chi connectivity index (χ4v) is 5.64. The minimum Gasteiger partial charge on any atom is -0.444 e.